The largest absolute Gasteiger partial charge is 0.451 e. The number of anilines is 2. The van der Waals surface area contributed by atoms with E-state index < -0.39 is 12.0 Å². The number of rotatable bonds is 2. The number of hydrogen-bond donors (Lipinski definition) is 1. The van der Waals surface area contributed by atoms with Gasteiger partial charge in [-0.05, 0) is 25.2 Å². The molecule has 1 aromatic heterocycles. The minimum atomic E-state index is -4.53. The van der Waals surface area contributed by atoms with Gasteiger partial charge in [0.2, 0.25) is 5.82 Å². The zero-order valence-electron chi connectivity index (χ0n) is 11.7. The first-order valence-electron chi connectivity index (χ1n) is 6.79. The van der Waals surface area contributed by atoms with Crippen LogP contribution in [0.4, 0.5) is 24.8 Å². The van der Waals surface area contributed by atoms with Gasteiger partial charge in [-0.2, -0.15) is 13.2 Å². The molecule has 2 rings (SSSR count). The lowest BCUT2D eigenvalue weighted by molar-refractivity contribution is -0.144. The van der Waals surface area contributed by atoms with Crippen LogP contribution >= 0.6 is 0 Å². The van der Waals surface area contributed by atoms with E-state index in [0.717, 1.165) is 32.4 Å². The molecule has 0 aliphatic carbocycles. The molecule has 1 saturated heterocycles. The van der Waals surface area contributed by atoms with Crippen LogP contribution in [0, 0.1) is 5.92 Å². The molecule has 1 aliphatic heterocycles. The van der Waals surface area contributed by atoms with Crippen LogP contribution in [0.1, 0.15) is 32.0 Å². The number of hydrogen-bond acceptors (Lipinski definition) is 4. The molecule has 112 valence electrons. The van der Waals surface area contributed by atoms with Gasteiger partial charge in [0.15, 0.2) is 0 Å². The fourth-order valence-electron chi connectivity index (χ4n) is 2.34. The van der Waals surface area contributed by atoms with Crippen molar-refractivity contribution in [2.75, 3.05) is 30.4 Å². The standard InChI is InChI=1S/C13H19F3N4/c1-9-4-3-6-20(7-5-9)11-8-10(17-2)18-12(19-11)13(14,15)16/h8-9H,3-7H2,1-2H3,(H,17,18,19). The predicted octanol–water partition coefficient (Wildman–Crippen LogP) is 3.16. The maximum Gasteiger partial charge on any atom is 0.451 e. The Morgan fingerprint density at radius 2 is 2.00 bits per heavy atom. The Kier molecular flexibility index (Phi) is 4.35. The van der Waals surface area contributed by atoms with Crippen molar-refractivity contribution in [3.8, 4) is 0 Å². The first-order valence-corrected chi connectivity index (χ1v) is 6.79. The van der Waals surface area contributed by atoms with Gasteiger partial charge in [0, 0.05) is 26.2 Å². The summed E-state index contributed by atoms with van der Waals surface area (Å²) in [4.78, 5) is 9.09. The molecule has 1 aliphatic rings. The molecule has 0 saturated carbocycles. The molecule has 1 unspecified atom stereocenters. The fraction of sp³-hybridized carbons (Fsp3) is 0.692. The lowest BCUT2D eigenvalue weighted by Crippen LogP contribution is -2.27. The molecule has 0 radical (unpaired) electrons. The van der Waals surface area contributed by atoms with Crippen molar-refractivity contribution in [2.24, 2.45) is 5.92 Å². The van der Waals surface area contributed by atoms with Crippen LogP contribution in [0.25, 0.3) is 0 Å². The zero-order valence-corrected chi connectivity index (χ0v) is 11.7. The molecule has 4 nitrogen and oxygen atoms in total. The first kappa shape index (κ1) is 14.9. The van der Waals surface area contributed by atoms with Gasteiger partial charge in [0.1, 0.15) is 11.6 Å². The van der Waals surface area contributed by atoms with E-state index in [1.54, 1.807) is 13.1 Å². The van der Waals surface area contributed by atoms with Crippen LogP contribution in [-0.4, -0.2) is 30.1 Å². The summed E-state index contributed by atoms with van der Waals surface area (Å²) in [5.74, 6) is 0.0646. The van der Waals surface area contributed by atoms with E-state index in [-0.39, 0.29) is 5.82 Å². The summed E-state index contributed by atoms with van der Waals surface area (Å²) in [7, 11) is 1.55. The van der Waals surface area contributed by atoms with Crippen LogP contribution in [0.15, 0.2) is 6.07 Å². The Morgan fingerprint density at radius 1 is 1.25 bits per heavy atom. The van der Waals surface area contributed by atoms with Crippen molar-refractivity contribution in [1.82, 2.24) is 9.97 Å². The Morgan fingerprint density at radius 3 is 2.65 bits per heavy atom. The zero-order chi connectivity index (χ0) is 14.8. The molecule has 1 N–H and O–H groups in total. The van der Waals surface area contributed by atoms with Crippen LogP contribution in [0.3, 0.4) is 0 Å². The van der Waals surface area contributed by atoms with Gasteiger partial charge in [0.05, 0.1) is 0 Å². The molecular weight excluding hydrogens is 269 g/mol. The van der Waals surface area contributed by atoms with Crippen molar-refractivity contribution in [3.05, 3.63) is 11.9 Å². The highest BCUT2D eigenvalue weighted by molar-refractivity contribution is 5.49. The summed E-state index contributed by atoms with van der Waals surface area (Å²) in [6.07, 6.45) is -1.48. The highest BCUT2D eigenvalue weighted by atomic mass is 19.4. The molecule has 20 heavy (non-hydrogen) atoms. The molecule has 0 amide bonds. The Hall–Kier alpha value is -1.53. The minimum Gasteiger partial charge on any atom is -0.373 e. The molecule has 0 aromatic carbocycles. The van der Waals surface area contributed by atoms with Crippen molar-refractivity contribution in [1.29, 1.82) is 0 Å². The highest BCUT2D eigenvalue weighted by Crippen LogP contribution is 2.30. The van der Waals surface area contributed by atoms with E-state index in [1.165, 1.54) is 0 Å². The van der Waals surface area contributed by atoms with E-state index in [9.17, 15) is 13.2 Å². The number of nitrogens with one attached hydrogen (secondary N) is 1. The van der Waals surface area contributed by atoms with Gasteiger partial charge in [0.25, 0.3) is 0 Å². The lowest BCUT2D eigenvalue weighted by atomic mass is 10.0. The normalized spacial score (nSPS) is 20.6. The summed E-state index contributed by atoms with van der Waals surface area (Å²) in [5, 5.41) is 2.67. The summed E-state index contributed by atoms with van der Waals surface area (Å²) >= 11 is 0. The smallest absolute Gasteiger partial charge is 0.373 e. The molecule has 0 spiro atoms. The summed E-state index contributed by atoms with van der Waals surface area (Å²) < 4.78 is 38.5. The molecular formula is C13H19F3N4. The van der Waals surface area contributed by atoms with Gasteiger partial charge in [-0.1, -0.05) is 6.92 Å². The summed E-state index contributed by atoms with van der Waals surface area (Å²) in [6.45, 7) is 3.64. The first-order chi connectivity index (χ1) is 9.40. The number of aromatic nitrogens is 2. The fourth-order valence-corrected chi connectivity index (χ4v) is 2.34. The summed E-state index contributed by atoms with van der Waals surface area (Å²) in [6, 6.07) is 1.57. The van der Waals surface area contributed by atoms with Gasteiger partial charge in [-0.25, -0.2) is 9.97 Å². The van der Waals surface area contributed by atoms with Gasteiger partial charge < -0.3 is 10.2 Å². The van der Waals surface area contributed by atoms with Crippen LogP contribution in [-0.2, 0) is 6.18 Å². The predicted molar refractivity (Wildman–Crippen MR) is 71.8 cm³/mol. The molecule has 1 fully saturated rings. The average molecular weight is 288 g/mol. The van der Waals surface area contributed by atoms with Gasteiger partial charge in [-0.15, -0.1) is 0 Å². The lowest BCUT2D eigenvalue weighted by Gasteiger charge is -2.22. The number of halogens is 3. The minimum absolute atomic E-state index is 0.194. The second kappa shape index (κ2) is 5.85. The molecule has 7 heteroatoms. The molecule has 1 atom stereocenters. The second-order valence-electron chi connectivity index (χ2n) is 5.21. The topological polar surface area (TPSA) is 41.0 Å². The third-order valence-corrected chi connectivity index (χ3v) is 3.56. The second-order valence-corrected chi connectivity index (χ2v) is 5.21. The molecule has 1 aromatic rings. The van der Waals surface area contributed by atoms with Crippen LogP contribution in [0.5, 0.6) is 0 Å². The molecule has 2 heterocycles. The van der Waals surface area contributed by atoms with Crippen LogP contribution in [0.2, 0.25) is 0 Å². The van der Waals surface area contributed by atoms with Crippen LogP contribution < -0.4 is 10.2 Å². The van der Waals surface area contributed by atoms with E-state index >= 15 is 0 Å². The van der Waals surface area contributed by atoms with Crippen molar-refractivity contribution in [2.45, 2.75) is 32.4 Å². The van der Waals surface area contributed by atoms with Crippen molar-refractivity contribution >= 4 is 11.6 Å². The highest BCUT2D eigenvalue weighted by Gasteiger charge is 2.36. The Labute approximate surface area is 116 Å². The van der Waals surface area contributed by atoms with E-state index in [2.05, 4.69) is 22.2 Å². The van der Waals surface area contributed by atoms with E-state index in [4.69, 9.17) is 0 Å². The number of nitrogens with zero attached hydrogens (tertiary/aromatic N) is 3. The quantitative estimate of drug-likeness (QED) is 0.907. The van der Waals surface area contributed by atoms with Gasteiger partial charge >= 0.3 is 6.18 Å². The summed E-state index contributed by atoms with van der Waals surface area (Å²) in [5.41, 5.74) is 0. The Balaban J connectivity index is 2.30. The maximum atomic E-state index is 12.8. The van der Waals surface area contributed by atoms with Crippen molar-refractivity contribution < 1.29 is 13.2 Å². The van der Waals surface area contributed by atoms with Gasteiger partial charge in [-0.3, -0.25) is 0 Å². The monoisotopic (exact) mass is 288 g/mol. The molecule has 0 bridgehead atoms. The average Bonchev–Trinajstić information content (AvgIpc) is 2.62. The third kappa shape index (κ3) is 3.52. The third-order valence-electron chi connectivity index (χ3n) is 3.56. The number of alkyl halides is 3. The SMILES string of the molecule is CNc1cc(N2CCCC(C)CC2)nc(C(F)(F)F)n1. The van der Waals surface area contributed by atoms with E-state index in [1.807, 2.05) is 4.90 Å². The van der Waals surface area contributed by atoms with Crippen molar-refractivity contribution in [3.63, 3.8) is 0 Å². The van der Waals surface area contributed by atoms with E-state index in [0.29, 0.717) is 11.7 Å². The Bertz CT molecular complexity index is 461. The maximum absolute atomic E-state index is 12.8.